The van der Waals surface area contributed by atoms with Crippen molar-refractivity contribution in [2.75, 3.05) is 5.73 Å². The highest BCUT2D eigenvalue weighted by Crippen LogP contribution is 2.22. The van der Waals surface area contributed by atoms with Crippen LogP contribution in [-0.2, 0) is 6.61 Å². The second-order valence-electron chi connectivity index (χ2n) is 3.41. The van der Waals surface area contributed by atoms with Gasteiger partial charge in [0.05, 0.1) is 5.69 Å². The molecule has 5 heteroatoms. The van der Waals surface area contributed by atoms with E-state index >= 15 is 0 Å². The minimum Gasteiger partial charge on any atom is -0.471 e. The molecule has 2 rings (SSSR count). The van der Waals surface area contributed by atoms with E-state index in [1.165, 1.54) is 6.07 Å². The summed E-state index contributed by atoms with van der Waals surface area (Å²) in [6, 6.07) is 9.50. The molecule has 1 aromatic carbocycles. The number of benzene rings is 1. The van der Waals surface area contributed by atoms with Gasteiger partial charge in [0.1, 0.15) is 17.6 Å². The van der Waals surface area contributed by atoms with Crippen LogP contribution in [0.4, 0.5) is 10.1 Å². The van der Waals surface area contributed by atoms with E-state index < -0.39 is 0 Å². The van der Waals surface area contributed by atoms with Gasteiger partial charge in [0.25, 0.3) is 0 Å². The van der Waals surface area contributed by atoms with E-state index in [0.717, 1.165) is 0 Å². The number of nitrogens with two attached hydrogens (primary N) is 1. The Hall–Kier alpha value is -1.81. The van der Waals surface area contributed by atoms with Crippen LogP contribution in [0.1, 0.15) is 5.56 Å². The zero-order valence-corrected chi connectivity index (χ0v) is 9.62. The standard InChI is InChI=1S/C12H10ClFN2O/c13-11-6-5-10(15)12(16-11)17-7-8-3-1-2-4-9(8)14/h1-6H,7,15H2. The molecule has 0 saturated carbocycles. The SMILES string of the molecule is Nc1ccc(Cl)nc1OCc1ccccc1F. The van der Waals surface area contributed by atoms with E-state index in [4.69, 9.17) is 22.1 Å². The average molecular weight is 253 g/mol. The molecule has 0 atom stereocenters. The third kappa shape index (κ3) is 2.85. The summed E-state index contributed by atoms with van der Waals surface area (Å²) in [6.45, 7) is 0.0597. The molecule has 0 aliphatic heterocycles. The second-order valence-corrected chi connectivity index (χ2v) is 3.80. The Morgan fingerprint density at radius 3 is 2.76 bits per heavy atom. The Balaban J connectivity index is 2.12. The molecule has 0 fully saturated rings. The van der Waals surface area contributed by atoms with E-state index in [2.05, 4.69) is 4.98 Å². The predicted octanol–water partition coefficient (Wildman–Crippen LogP) is 3.04. The van der Waals surface area contributed by atoms with Crippen molar-refractivity contribution in [2.45, 2.75) is 6.61 Å². The van der Waals surface area contributed by atoms with Crippen LogP contribution in [0.15, 0.2) is 36.4 Å². The molecule has 0 amide bonds. The molecule has 0 unspecified atom stereocenters. The largest absolute Gasteiger partial charge is 0.471 e. The van der Waals surface area contributed by atoms with Crippen LogP contribution in [0.2, 0.25) is 5.15 Å². The lowest BCUT2D eigenvalue weighted by Gasteiger charge is -2.08. The van der Waals surface area contributed by atoms with Gasteiger partial charge in [-0.1, -0.05) is 29.8 Å². The van der Waals surface area contributed by atoms with Gasteiger partial charge in [-0.25, -0.2) is 4.39 Å². The number of hydrogen-bond acceptors (Lipinski definition) is 3. The summed E-state index contributed by atoms with van der Waals surface area (Å²) in [5.41, 5.74) is 6.46. The summed E-state index contributed by atoms with van der Waals surface area (Å²) in [7, 11) is 0. The van der Waals surface area contributed by atoms with Crippen LogP contribution in [0.3, 0.4) is 0 Å². The van der Waals surface area contributed by atoms with Crippen LogP contribution >= 0.6 is 11.6 Å². The first kappa shape index (κ1) is 11.7. The highest BCUT2D eigenvalue weighted by atomic mass is 35.5. The molecule has 2 N–H and O–H groups in total. The van der Waals surface area contributed by atoms with Crippen LogP contribution in [0.25, 0.3) is 0 Å². The minimum absolute atomic E-state index is 0.0597. The normalized spacial score (nSPS) is 10.2. The van der Waals surface area contributed by atoms with Crippen molar-refractivity contribution in [3.63, 3.8) is 0 Å². The van der Waals surface area contributed by atoms with Crippen molar-refractivity contribution >= 4 is 17.3 Å². The van der Waals surface area contributed by atoms with Crippen molar-refractivity contribution in [3.8, 4) is 5.88 Å². The summed E-state index contributed by atoms with van der Waals surface area (Å²) >= 11 is 5.71. The Labute approximate surface area is 103 Å². The molecule has 0 spiro atoms. The van der Waals surface area contributed by atoms with E-state index in [-0.39, 0.29) is 23.5 Å². The third-order valence-corrected chi connectivity index (χ3v) is 2.39. The molecule has 17 heavy (non-hydrogen) atoms. The van der Waals surface area contributed by atoms with Gasteiger partial charge in [-0.3, -0.25) is 0 Å². The summed E-state index contributed by atoms with van der Waals surface area (Å²) in [5.74, 6) is -0.117. The van der Waals surface area contributed by atoms with E-state index in [1.807, 2.05) is 0 Å². The second kappa shape index (κ2) is 5.01. The Kier molecular flexibility index (Phi) is 3.44. The van der Waals surface area contributed by atoms with Crippen molar-refractivity contribution in [2.24, 2.45) is 0 Å². The molecule has 88 valence electrons. The molecule has 1 aromatic heterocycles. The fourth-order valence-electron chi connectivity index (χ4n) is 1.31. The number of aromatic nitrogens is 1. The number of pyridine rings is 1. The monoisotopic (exact) mass is 252 g/mol. The van der Waals surface area contributed by atoms with Gasteiger partial charge in [-0.15, -0.1) is 0 Å². The summed E-state index contributed by atoms with van der Waals surface area (Å²) in [5, 5.41) is 0.280. The maximum atomic E-state index is 13.3. The van der Waals surface area contributed by atoms with Gasteiger partial charge >= 0.3 is 0 Å². The smallest absolute Gasteiger partial charge is 0.238 e. The van der Waals surface area contributed by atoms with Crippen LogP contribution < -0.4 is 10.5 Å². The first-order valence-electron chi connectivity index (χ1n) is 4.95. The molecule has 3 nitrogen and oxygen atoms in total. The number of nitrogen functional groups attached to an aromatic ring is 1. The maximum absolute atomic E-state index is 13.3. The molecule has 0 radical (unpaired) electrons. The van der Waals surface area contributed by atoms with Gasteiger partial charge in [0, 0.05) is 5.56 Å². The van der Waals surface area contributed by atoms with Crippen molar-refractivity contribution in [1.29, 1.82) is 0 Å². The zero-order valence-electron chi connectivity index (χ0n) is 8.86. The Bertz CT molecular complexity index is 534. The molecular weight excluding hydrogens is 243 g/mol. The van der Waals surface area contributed by atoms with Crippen LogP contribution in [0, 0.1) is 5.82 Å². The number of halogens is 2. The topological polar surface area (TPSA) is 48.1 Å². The number of nitrogens with zero attached hydrogens (tertiary/aromatic N) is 1. The highest BCUT2D eigenvalue weighted by Gasteiger charge is 2.06. The fraction of sp³-hybridized carbons (Fsp3) is 0.0833. The Morgan fingerprint density at radius 1 is 1.24 bits per heavy atom. The fourth-order valence-corrected chi connectivity index (χ4v) is 1.45. The maximum Gasteiger partial charge on any atom is 0.238 e. The molecule has 0 aliphatic rings. The zero-order chi connectivity index (χ0) is 12.3. The molecule has 0 saturated heterocycles. The lowest BCUT2D eigenvalue weighted by molar-refractivity contribution is 0.290. The average Bonchev–Trinajstić information content (AvgIpc) is 2.32. The molecule has 2 aromatic rings. The quantitative estimate of drug-likeness (QED) is 0.854. The molecule has 0 aliphatic carbocycles. The molecular formula is C12H10ClFN2O. The van der Waals surface area contributed by atoms with Gasteiger partial charge in [-0.2, -0.15) is 4.98 Å². The van der Waals surface area contributed by atoms with Gasteiger partial charge in [0.15, 0.2) is 0 Å². The summed E-state index contributed by atoms with van der Waals surface area (Å²) in [6.07, 6.45) is 0. The summed E-state index contributed by atoms with van der Waals surface area (Å²) in [4.78, 5) is 3.91. The predicted molar refractivity (Wildman–Crippen MR) is 64.4 cm³/mol. The van der Waals surface area contributed by atoms with Gasteiger partial charge in [-0.05, 0) is 18.2 Å². The molecule has 0 bridgehead atoms. The number of anilines is 1. The number of hydrogen-bond donors (Lipinski definition) is 1. The van der Waals surface area contributed by atoms with Crippen molar-refractivity contribution in [1.82, 2.24) is 4.98 Å². The van der Waals surface area contributed by atoms with Crippen LogP contribution in [-0.4, -0.2) is 4.98 Å². The lowest BCUT2D eigenvalue weighted by Crippen LogP contribution is -2.02. The Morgan fingerprint density at radius 2 is 2.00 bits per heavy atom. The lowest BCUT2D eigenvalue weighted by atomic mass is 10.2. The first-order valence-corrected chi connectivity index (χ1v) is 5.33. The van der Waals surface area contributed by atoms with Gasteiger partial charge in [0.2, 0.25) is 5.88 Å². The van der Waals surface area contributed by atoms with Crippen LogP contribution in [0.5, 0.6) is 5.88 Å². The summed E-state index contributed by atoms with van der Waals surface area (Å²) < 4.78 is 18.6. The molecule has 1 heterocycles. The number of ether oxygens (including phenoxy) is 1. The van der Waals surface area contributed by atoms with E-state index in [1.54, 1.807) is 30.3 Å². The minimum atomic E-state index is -0.326. The van der Waals surface area contributed by atoms with Crippen molar-refractivity contribution in [3.05, 3.63) is 52.9 Å². The number of rotatable bonds is 3. The third-order valence-electron chi connectivity index (χ3n) is 2.18. The van der Waals surface area contributed by atoms with Crippen molar-refractivity contribution < 1.29 is 9.13 Å². The highest BCUT2D eigenvalue weighted by molar-refractivity contribution is 6.29. The van der Waals surface area contributed by atoms with E-state index in [0.29, 0.717) is 11.3 Å². The van der Waals surface area contributed by atoms with Gasteiger partial charge < -0.3 is 10.5 Å². The van der Waals surface area contributed by atoms with E-state index in [9.17, 15) is 4.39 Å². The first-order chi connectivity index (χ1) is 8.16.